The SMILES string of the molecule is Cn1c(-c2cn[nH]n2)nnc1S(N)(=O)=O. The molecule has 0 spiro atoms. The molecule has 2 rings (SSSR count). The van der Waals surface area contributed by atoms with Crippen LogP contribution in [0.15, 0.2) is 11.4 Å². The smallest absolute Gasteiger partial charge is 0.273 e. The van der Waals surface area contributed by atoms with Crippen LogP contribution in [0.25, 0.3) is 11.5 Å². The number of sulfonamides is 1. The van der Waals surface area contributed by atoms with Crippen LogP contribution in [0.5, 0.6) is 0 Å². The van der Waals surface area contributed by atoms with E-state index in [1.165, 1.54) is 17.8 Å². The monoisotopic (exact) mass is 229 g/mol. The summed E-state index contributed by atoms with van der Waals surface area (Å²) in [4.78, 5) is 0. The van der Waals surface area contributed by atoms with E-state index in [1.807, 2.05) is 0 Å². The lowest BCUT2D eigenvalue weighted by molar-refractivity contribution is 0.580. The van der Waals surface area contributed by atoms with E-state index in [0.29, 0.717) is 5.69 Å². The zero-order valence-corrected chi connectivity index (χ0v) is 8.43. The average Bonchev–Trinajstić information content (AvgIpc) is 2.69. The normalized spacial score (nSPS) is 11.9. The van der Waals surface area contributed by atoms with Crippen molar-refractivity contribution in [3.63, 3.8) is 0 Å². The fourth-order valence-electron chi connectivity index (χ4n) is 1.10. The lowest BCUT2D eigenvalue weighted by Gasteiger charge is -1.98. The maximum Gasteiger partial charge on any atom is 0.273 e. The van der Waals surface area contributed by atoms with Gasteiger partial charge in [0, 0.05) is 7.05 Å². The summed E-state index contributed by atoms with van der Waals surface area (Å²) in [5.74, 6) is 0.271. The topological polar surface area (TPSA) is 132 Å². The van der Waals surface area contributed by atoms with Gasteiger partial charge in [0.15, 0.2) is 5.82 Å². The number of nitrogens with two attached hydrogens (primary N) is 1. The second kappa shape index (κ2) is 3.10. The standard InChI is InChI=1S/C5H7N7O2S/c1-12-4(3-2-7-11-8-3)9-10-5(12)15(6,13)14/h2H,1H3,(H2,6,13,14)(H,7,8,11). The van der Waals surface area contributed by atoms with Crippen molar-refractivity contribution in [2.45, 2.75) is 5.16 Å². The molecular weight excluding hydrogens is 222 g/mol. The molecule has 0 amide bonds. The van der Waals surface area contributed by atoms with Crippen LogP contribution in [0.4, 0.5) is 0 Å². The molecule has 2 aromatic heterocycles. The summed E-state index contributed by atoms with van der Waals surface area (Å²) >= 11 is 0. The van der Waals surface area contributed by atoms with Gasteiger partial charge in [0.2, 0.25) is 0 Å². The van der Waals surface area contributed by atoms with E-state index in [-0.39, 0.29) is 11.0 Å². The largest absolute Gasteiger partial charge is 0.298 e. The molecule has 0 saturated heterocycles. The molecule has 10 heteroatoms. The Labute approximate surface area is 84.4 Å². The van der Waals surface area contributed by atoms with Crippen LogP contribution in [0, 0.1) is 0 Å². The van der Waals surface area contributed by atoms with E-state index < -0.39 is 10.0 Å². The zero-order valence-electron chi connectivity index (χ0n) is 7.62. The molecule has 0 aliphatic carbocycles. The molecule has 0 atom stereocenters. The minimum atomic E-state index is -3.87. The van der Waals surface area contributed by atoms with Crippen molar-refractivity contribution in [2.75, 3.05) is 0 Å². The van der Waals surface area contributed by atoms with Crippen molar-refractivity contribution in [1.29, 1.82) is 0 Å². The Balaban J connectivity index is 2.60. The van der Waals surface area contributed by atoms with E-state index >= 15 is 0 Å². The van der Waals surface area contributed by atoms with Gasteiger partial charge < -0.3 is 0 Å². The third-order valence-corrected chi connectivity index (χ3v) is 2.60. The molecule has 80 valence electrons. The van der Waals surface area contributed by atoms with Gasteiger partial charge >= 0.3 is 0 Å². The van der Waals surface area contributed by atoms with E-state index in [4.69, 9.17) is 5.14 Å². The lowest BCUT2D eigenvalue weighted by Crippen LogP contribution is -2.17. The van der Waals surface area contributed by atoms with Crippen LogP contribution in [0.1, 0.15) is 0 Å². The van der Waals surface area contributed by atoms with E-state index in [2.05, 4.69) is 25.6 Å². The summed E-state index contributed by atoms with van der Waals surface area (Å²) < 4.78 is 23.3. The van der Waals surface area contributed by atoms with Gasteiger partial charge in [0.1, 0.15) is 5.69 Å². The highest BCUT2D eigenvalue weighted by Crippen LogP contribution is 2.14. The number of aromatic amines is 1. The summed E-state index contributed by atoms with van der Waals surface area (Å²) in [6.07, 6.45) is 1.40. The molecule has 2 aromatic rings. The zero-order chi connectivity index (χ0) is 11.1. The highest BCUT2D eigenvalue weighted by Gasteiger charge is 2.20. The summed E-state index contributed by atoms with van der Waals surface area (Å²) in [5, 5.41) is 21.4. The van der Waals surface area contributed by atoms with Crippen LogP contribution >= 0.6 is 0 Å². The Kier molecular flexibility index (Phi) is 2.01. The van der Waals surface area contributed by atoms with Gasteiger partial charge in [-0.15, -0.1) is 10.2 Å². The Morgan fingerprint density at radius 2 is 2.20 bits per heavy atom. The molecule has 3 N–H and O–H groups in total. The minimum Gasteiger partial charge on any atom is -0.298 e. The quantitative estimate of drug-likeness (QED) is 0.627. The number of H-pyrrole nitrogens is 1. The molecule has 0 radical (unpaired) electrons. The predicted octanol–water partition coefficient (Wildman–Crippen LogP) is -1.75. The summed E-state index contributed by atoms with van der Waals surface area (Å²) in [7, 11) is -2.40. The summed E-state index contributed by atoms with van der Waals surface area (Å²) in [6.45, 7) is 0. The number of rotatable bonds is 2. The summed E-state index contributed by atoms with van der Waals surface area (Å²) in [5.41, 5.74) is 0.389. The maximum absolute atomic E-state index is 11.0. The number of nitrogens with zero attached hydrogens (tertiary/aromatic N) is 5. The third kappa shape index (κ3) is 1.59. The average molecular weight is 229 g/mol. The van der Waals surface area contributed by atoms with Gasteiger partial charge in [-0.1, -0.05) is 0 Å². The van der Waals surface area contributed by atoms with Crippen molar-refractivity contribution in [3.05, 3.63) is 6.20 Å². The summed E-state index contributed by atoms with van der Waals surface area (Å²) in [6, 6.07) is 0. The minimum absolute atomic E-state index is 0.271. The number of hydrogen-bond acceptors (Lipinski definition) is 6. The Morgan fingerprint density at radius 3 is 2.67 bits per heavy atom. The number of hydrogen-bond donors (Lipinski definition) is 2. The maximum atomic E-state index is 11.0. The van der Waals surface area contributed by atoms with E-state index in [0.717, 1.165) is 0 Å². The van der Waals surface area contributed by atoms with Crippen molar-refractivity contribution >= 4 is 10.0 Å². The first kappa shape index (κ1) is 9.73. The first-order valence-corrected chi connectivity index (χ1v) is 5.33. The second-order valence-corrected chi connectivity index (χ2v) is 4.22. The van der Waals surface area contributed by atoms with E-state index in [1.54, 1.807) is 0 Å². The fraction of sp³-hybridized carbons (Fsp3) is 0.200. The Morgan fingerprint density at radius 1 is 1.47 bits per heavy atom. The van der Waals surface area contributed by atoms with Gasteiger partial charge in [-0.25, -0.2) is 13.6 Å². The van der Waals surface area contributed by atoms with Crippen molar-refractivity contribution in [3.8, 4) is 11.5 Å². The molecule has 0 fully saturated rings. The molecule has 0 saturated carbocycles. The van der Waals surface area contributed by atoms with Crippen molar-refractivity contribution < 1.29 is 8.42 Å². The van der Waals surface area contributed by atoms with Gasteiger partial charge in [-0.3, -0.25) is 4.57 Å². The molecular formula is C5H7N7O2S. The van der Waals surface area contributed by atoms with Gasteiger partial charge in [0.05, 0.1) is 6.20 Å². The molecule has 2 heterocycles. The number of nitrogens with one attached hydrogen (secondary N) is 1. The molecule has 0 bridgehead atoms. The second-order valence-electron chi connectivity index (χ2n) is 2.77. The molecule has 9 nitrogen and oxygen atoms in total. The van der Waals surface area contributed by atoms with Crippen LogP contribution < -0.4 is 5.14 Å². The third-order valence-electron chi connectivity index (χ3n) is 1.73. The van der Waals surface area contributed by atoms with Crippen LogP contribution in [-0.2, 0) is 17.1 Å². The molecule has 0 unspecified atom stereocenters. The van der Waals surface area contributed by atoms with E-state index in [9.17, 15) is 8.42 Å². The van der Waals surface area contributed by atoms with Crippen LogP contribution in [0.3, 0.4) is 0 Å². The van der Waals surface area contributed by atoms with Gasteiger partial charge in [-0.2, -0.15) is 15.4 Å². The highest BCUT2D eigenvalue weighted by atomic mass is 32.2. The predicted molar refractivity (Wildman–Crippen MR) is 47.8 cm³/mol. The molecule has 0 aliphatic rings. The number of aromatic nitrogens is 6. The van der Waals surface area contributed by atoms with Crippen molar-refractivity contribution in [1.82, 2.24) is 30.2 Å². The number of primary sulfonamides is 1. The van der Waals surface area contributed by atoms with Gasteiger partial charge in [0.25, 0.3) is 15.2 Å². The molecule has 0 aromatic carbocycles. The Bertz CT molecular complexity index is 569. The lowest BCUT2D eigenvalue weighted by atomic mass is 10.4. The molecule has 0 aliphatic heterocycles. The van der Waals surface area contributed by atoms with Crippen LogP contribution in [-0.4, -0.2) is 38.6 Å². The molecule has 15 heavy (non-hydrogen) atoms. The van der Waals surface area contributed by atoms with Crippen LogP contribution in [0.2, 0.25) is 0 Å². The van der Waals surface area contributed by atoms with Gasteiger partial charge in [-0.05, 0) is 0 Å². The fourth-order valence-corrected chi connectivity index (χ4v) is 1.72. The first-order chi connectivity index (χ1) is 7.00. The first-order valence-electron chi connectivity index (χ1n) is 3.78. The Hall–Kier alpha value is -1.81. The highest BCUT2D eigenvalue weighted by molar-refractivity contribution is 7.89. The van der Waals surface area contributed by atoms with Crippen molar-refractivity contribution in [2.24, 2.45) is 12.2 Å².